The summed E-state index contributed by atoms with van der Waals surface area (Å²) >= 11 is 0. The zero-order valence-corrected chi connectivity index (χ0v) is 54.8. The molecule has 0 aliphatic carbocycles. The molecule has 28 heteroatoms. The predicted octanol–water partition coefficient (Wildman–Crippen LogP) is 6.59. The number of benzene rings is 5. The second kappa shape index (κ2) is 34.5. The summed E-state index contributed by atoms with van der Waals surface area (Å²) in [4.78, 5) is 101. The van der Waals surface area contributed by atoms with Gasteiger partial charge in [-0.3, -0.25) is 28.5 Å². The highest BCUT2D eigenvalue weighted by Crippen LogP contribution is 2.46. The van der Waals surface area contributed by atoms with Crippen LogP contribution in [0.15, 0.2) is 125 Å². The maximum absolute atomic E-state index is 14.8. The Morgan fingerprint density at radius 3 is 1.98 bits per heavy atom. The van der Waals surface area contributed by atoms with E-state index in [4.69, 9.17) is 44.3 Å². The largest absolute Gasteiger partial charge is 0.493 e. The Morgan fingerprint density at radius 2 is 1.35 bits per heavy atom. The Labute approximate surface area is 545 Å². The van der Waals surface area contributed by atoms with Crippen molar-refractivity contribution >= 4 is 70.9 Å². The zero-order chi connectivity index (χ0) is 68.1. The smallest absolute Gasteiger partial charge is 0.493 e. The number of unbranched alkanes of at least 4 members (excludes halogenated alkanes) is 1. The fourth-order valence-corrected chi connectivity index (χ4v) is 10.8. The number of aromatic nitrogens is 2. The van der Waals surface area contributed by atoms with Gasteiger partial charge in [0, 0.05) is 30.4 Å². The average Bonchev–Trinajstić information content (AvgIpc) is 0.893. The molecule has 0 spiro atoms. The number of nitrogens with one attached hydrogen (secondary N) is 5. The molecule has 1 saturated heterocycles. The number of anilines is 1. The number of hydroxylamine groups is 1. The van der Waals surface area contributed by atoms with Gasteiger partial charge >= 0.3 is 25.6 Å². The number of hydrogen-bond acceptors (Lipinski definition) is 19. The van der Waals surface area contributed by atoms with E-state index < -0.39 is 111 Å². The number of nitrogen functional groups attached to an aromatic ring is 1. The van der Waals surface area contributed by atoms with Crippen LogP contribution in [0.5, 0.6) is 11.5 Å². The number of nitrogens with two attached hydrogens (primary N) is 2. The highest BCUT2D eigenvalue weighted by Gasteiger charge is 2.45. The van der Waals surface area contributed by atoms with E-state index in [9.17, 15) is 48.4 Å². The highest BCUT2D eigenvalue weighted by atomic mass is 31.2. The third kappa shape index (κ3) is 22.0. The van der Waals surface area contributed by atoms with Crippen LogP contribution in [0, 0.1) is 11.8 Å². The molecular weight excluding hydrogens is 1240 g/mol. The number of carbonyl (C=O) groups excluding carboxylic acids is 5. The van der Waals surface area contributed by atoms with Gasteiger partial charge in [-0.25, -0.2) is 24.4 Å². The molecule has 0 bridgehead atoms. The minimum Gasteiger partial charge on any atom is -0.493 e. The molecule has 1 fully saturated rings. The Bertz CT molecular complexity index is 3680. The van der Waals surface area contributed by atoms with Gasteiger partial charge in [-0.2, -0.15) is 9.61 Å². The standard InChI is InChI=1S/C66H87N10O17P/c1-40(2)31-35-87-50-28-26-43-20-11-13-22-45(43)55(50)56-46-23-14-12-21-44(46)27-29-51(56)88-39-54(77)71-47(24-15-16-32-70-65(84)92-66(5,6)7)59(80)72-48(60(81)73-49(36-41(3)4)62(82)89-37-42-18-9-8-10-19-42)25-17-33-69-63(68)75-93-94(85,86)90-38-52-57(78)58(79)61(91-52)76-34-30-53(67)74-64(76)83/h8-14,18-23,26-30,34,40-41,47-49,52,57-58,61,78-79H,15-17,24-25,31-33,35-39H2,1-7H3,(H,70,84)(H,71,77)(H,72,80)(H,73,81)(H,85,86)(H2,67,74,83)(H3,68,69,75)/t47?,48?,49?,52-,57-,58-,61-/m1/s1. The number of esters is 1. The number of aliphatic hydroxyl groups excluding tert-OH is 2. The number of aliphatic imine (C=N–C) groups is 1. The topological polar surface area (TPSA) is 387 Å². The van der Waals surface area contributed by atoms with E-state index in [0.29, 0.717) is 41.6 Å². The molecule has 8 atom stereocenters. The van der Waals surface area contributed by atoms with Crippen molar-refractivity contribution in [1.82, 2.24) is 36.3 Å². The summed E-state index contributed by atoms with van der Waals surface area (Å²) in [5.74, 6) is -2.32. The van der Waals surface area contributed by atoms with Gasteiger partial charge < -0.3 is 71.5 Å². The SMILES string of the molecule is CC(C)CCOc1ccc2ccccc2c1-c1c(OCC(=O)NC(CCCCNC(=O)OC(C)(C)C)C(=O)NC(CCCN=C(N)NOP(=O)(O)OC[C@H]2O[C@@H](n3ccc(N)nc3=O)[C@H](O)[C@@H]2O)C(=O)NC(CC(C)C)C(=O)OCc2ccccc2)ccc2ccccc12. The first-order valence-electron chi connectivity index (χ1n) is 31.2. The molecule has 508 valence electrons. The van der Waals surface area contributed by atoms with E-state index in [1.54, 1.807) is 51.1 Å². The molecule has 5 aromatic carbocycles. The number of phosphoric acid groups is 1. The van der Waals surface area contributed by atoms with Gasteiger partial charge in [0.2, 0.25) is 17.8 Å². The maximum atomic E-state index is 14.8. The monoisotopic (exact) mass is 1320 g/mol. The highest BCUT2D eigenvalue weighted by molar-refractivity contribution is 7.47. The van der Waals surface area contributed by atoms with Crippen LogP contribution in [0.1, 0.15) is 105 Å². The molecule has 94 heavy (non-hydrogen) atoms. The Balaban J connectivity index is 1.09. The summed E-state index contributed by atoms with van der Waals surface area (Å²) < 4.78 is 53.1. The molecule has 0 radical (unpaired) electrons. The summed E-state index contributed by atoms with van der Waals surface area (Å²) in [5.41, 5.74) is 14.1. The first-order chi connectivity index (χ1) is 44.7. The number of alkyl carbamates (subject to hydrolysis) is 1. The van der Waals surface area contributed by atoms with E-state index in [-0.39, 0.29) is 63.5 Å². The predicted molar refractivity (Wildman–Crippen MR) is 351 cm³/mol. The first-order valence-corrected chi connectivity index (χ1v) is 32.7. The second-order valence-electron chi connectivity index (χ2n) is 24.5. The lowest BCUT2D eigenvalue weighted by Crippen LogP contribution is -2.56. The number of carbonyl (C=O) groups is 5. The van der Waals surface area contributed by atoms with Crippen molar-refractivity contribution < 1.29 is 76.5 Å². The van der Waals surface area contributed by atoms with Crippen LogP contribution >= 0.6 is 7.82 Å². The lowest BCUT2D eigenvalue weighted by molar-refractivity contribution is -0.150. The third-order valence-electron chi connectivity index (χ3n) is 14.8. The molecule has 1 aromatic heterocycles. The number of phosphoric ester groups is 1. The minimum atomic E-state index is -5.04. The fourth-order valence-electron chi connectivity index (χ4n) is 10.2. The second-order valence-corrected chi connectivity index (χ2v) is 25.9. The molecule has 0 saturated carbocycles. The molecular formula is C66H87N10O17P. The lowest BCUT2D eigenvalue weighted by atomic mass is 9.92. The molecule has 12 N–H and O–H groups in total. The molecule has 27 nitrogen and oxygen atoms in total. The van der Waals surface area contributed by atoms with Crippen LogP contribution in [0.2, 0.25) is 0 Å². The fraction of sp³-hybridized carbons (Fsp3) is 0.455. The van der Waals surface area contributed by atoms with Gasteiger partial charge in [0.1, 0.15) is 66.0 Å². The Kier molecular flexibility index (Phi) is 26.7. The van der Waals surface area contributed by atoms with Crippen molar-refractivity contribution in [3.63, 3.8) is 0 Å². The van der Waals surface area contributed by atoms with Crippen molar-refractivity contribution in [2.24, 2.45) is 22.6 Å². The van der Waals surface area contributed by atoms with Crippen LogP contribution in [0.25, 0.3) is 32.7 Å². The van der Waals surface area contributed by atoms with Crippen LogP contribution in [-0.4, -0.2) is 135 Å². The molecule has 1 aliphatic heterocycles. The minimum absolute atomic E-state index is 0.00478. The van der Waals surface area contributed by atoms with E-state index in [2.05, 4.69) is 45.1 Å². The van der Waals surface area contributed by atoms with Crippen LogP contribution < -0.4 is 53.4 Å². The lowest BCUT2D eigenvalue weighted by Gasteiger charge is -2.26. The van der Waals surface area contributed by atoms with Gasteiger partial charge in [-0.1, -0.05) is 119 Å². The number of fused-ring (bicyclic) bond motifs is 2. The number of aliphatic hydroxyl groups is 2. The molecule has 4 amide bonds. The summed E-state index contributed by atoms with van der Waals surface area (Å²) in [6, 6.07) is 29.7. The third-order valence-corrected chi connectivity index (χ3v) is 15.6. The summed E-state index contributed by atoms with van der Waals surface area (Å²) in [6.45, 7) is 12.1. The van der Waals surface area contributed by atoms with E-state index in [1.165, 1.54) is 12.3 Å². The van der Waals surface area contributed by atoms with Crippen molar-refractivity contribution in [3.05, 3.63) is 131 Å². The number of guanidine groups is 1. The van der Waals surface area contributed by atoms with Crippen molar-refractivity contribution in [1.29, 1.82) is 0 Å². The summed E-state index contributed by atoms with van der Waals surface area (Å²) in [5, 5.41) is 35.9. The molecule has 7 rings (SSSR count). The molecule has 6 aromatic rings. The first kappa shape index (κ1) is 72.7. The van der Waals surface area contributed by atoms with Gasteiger partial charge in [0.15, 0.2) is 12.8 Å². The molecule has 4 unspecified atom stereocenters. The normalized spacial score (nSPS) is 17.4. The summed E-state index contributed by atoms with van der Waals surface area (Å²) in [6.07, 6.45) is -4.21. The van der Waals surface area contributed by atoms with E-state index in [0.717, 1.165) is 38.1 Å². The quantitative estimate of drug-likeness (QED) is 0.00518. The Morgan fingerprint density at radius 1 is 0.745 bits per heavy atom. The number of nitrogens with zero attached hydrogens (tertiary/aromatic N) is 3. The van der Waals surface area contributed by atoms with Crippen molar-refractivity contribution in [2.75, 3.05) is 38.6 Å². The van der Waals surface area contributed by atoms with E-state index in [1.807, 2.05) is 92.1 Å². The number of hydrogen-bond donors (Lipinski definition) is 10. The van der Waals surface area contributed by atoms with Crippen molar-refractivity contribution in [2.45, 2.75) is 148 Å². The van der Waals surface area contributed by atoms with E-state index >= 15 is 0 Å². The van der Waals surface area contributed by atoms with Crippen LogP contribution in [0.4, 0.5) is 10.6 Å². The zero-order valence-electron chi connectivity index (χ0n) is 53.9. The average molecular weight is 1320 g/mol. The summed E-state index contributed by atoms with van der Waals surface area (Å²) in [7, 11) is -5.04. The number of rotatable bonds is 33. The van der Waals surface area contributed by atoms with Crippen LogP contribution in [-0.2, 0) is 53.7 Å². The maximum Gasteiger partial charge on any atom is 0.493 e. The van der Waals surface area contributed by atoms with Gasteiger partial charge in [-0.15, -0.1) is 0 Å². The van der Waals surface area contributed by atoms with Gasteiger partial charge in [0.25, 0.3) is 5.91 Å². The number of ether oxygens (including phenoxy) is 5. The van der Waals surface area contributed by atoms with Gasteiger partial charge in [0.05, 0.1) is 13.2 Å². The molecule has 2 heterocycles. The Hall–Kier alpha value is -8.69. The number of amides is 4. The van der Waals surface area contributed by atoms with Crippen molar-refractivity contribution in [3.8, 4) is 22.6 Å². The molecule has 1 aliphatic rings. The van der Waals surface area contributed by atoms with Gasteiger partial charge in [-0.05, 0) is 123 Å². The van der Waals surface area contributed by atoms with Crippen LogP contribution in [0.3, 0.4) is 0 Å².